The highest BCUT2D eigenvalue weighted by atomic mass is 16.1. The molecule has 0 spiro atoms. The molecule has 0 saturated heterocycles. The van der Waals surface area contributed by atoms with Crippen LogP contribution in [0, 0.1) is 0 Å². The van der Waals surface area contributed by atoms with Crippen LogP contribution in [-0.2, 0) is 32.0 Å². The van der Waals surface area contributed by atoms with E-state index >= 15 is 0 Å². The highest BCUT2D eigenvalue weighted by molar-refractivity contribution is 5.43. The molecule has 1 aliphatic heterocycles. The van der Waals surface area contributed by atoms with Gasteiger partial charge < -0.3 is 0 Å². The average molecular weight is 340 g/mol. The molecule has 0 unspecified atom stereocenters. The molecule has 25 heavy (non-hydrogen) atoms. The maximum atomic E-state index is 13.0. The first-order valence-electron chi connectivity index (χ1n) is 8.65. The van der Waals surface area contributed by atoms with E-state index in [-0.39, 0.29) is 11.0 Å². The minimum absolute atomic E-state index is 0.0198. The second-order valence-electron chi connectivity index (χ2n) is 7.94. The molecule has 0 aliphatic carbocycles. The summed E-state index contributed by atoms with van der Waals surface area (Å²) in [5.74, 6) is 0. The summed E-state index contributed by atoms with van der Waals surface area (Å²) >= 11 is 0. The van der Waals surface area contributed by atoms with Gasteiger partial charge in [-0.25, -0.2) is 9.50 Å². The van der Waals surface area contributed by atoms with E-state index in [1.165, 1.54) is 0 Å². The molecular formula is C18H24N6O. The summed E-state index contributed by atoms with van der Waals surface area (Å²) in [6.07, 6.45) is 4.70. The van der Waals surface area contributed by atoms with Gasteiger partial charge in [0.25, 0.3) is 5.56 Å². The van der Waals surface area contributed by atoms with E-state index in [0.29, 0.717) is 6.54 Å². The summed E-state index contributed by atoms with van der Waals surface area (Å²) in [5.41, 5.74) is 4.61. The van der Waals surface area contributed by atoms with Crippen LogP contribution in [0.15, 0.2) is 23.3 Å². The predicted molar refractivity (Wildman–Crippen MR) is 95.5 cm³/mol. The number of aryl methyl sites for hydroxylation is 1. The van der Waals surface area contributed by atoms with E-state index in [9.17, 15) is 4.79 Å². The molecule has 7 nitrogen and oxygen atoms in total. The van der Waals surface area contributed by atoms with Gasteiger partial charge in [0.05, 0.1) is 17.5 Å². The van der Waals surface area contributed by atoms with Gasteiger partial charge in [-0.05, 0) is 0 Å². The molecular weight excluding hydrogens is 316 g/mol. The summed E-state index contributed by atoms with van der Waals surface area (Å²) < 4.78 is 3.40. The zero-order chi connectivity index (χ0) is 17.8. The van der Waals surface area contributed by atoms with Gasteiger partial charge >= 0.3 is 0 Å². The van der Waals surface area contributed by atoms with Crippen LogP contribution in [-0.4, -0.2) is 35.8 Å². The first-order valence-corrected chi connectivity index (χ1v) is 8.65. The predicted octanol–water partition coefficient (Wildman–Crippen LogP) is 1.61. The SMILES string of the molecule is Cn1cc(CN2CCc3nc4cc(C(C)(C)C)[nH]n4c(=O)c3C2)cn1. The molecule has 132 valence electrons. The van der Waals surface area contributed by atoms with E-state index in [1.807, 2.05) is 25.5 Å². The number of rotatable bonds is 2. The molecule has 0 atom stereocenters. The van der Waals surface area contributed by atoms with Crippen LogP contribution in [0.5, 0.6) is 0 Å². The summed E-state index contributed by atoms with van der Waals surface area (Å²) in [5, 5.41) is 7.45. The number of H-pyrrole nitrogens is 1. The minimum atomic E-state index is -0.0486. The summed E-state index contributed by atoms with van der Waals surface area (Å²) in [4.78, 5) is 20.0. The van der Waals surface area contributed by atoms with Crippen LogP contribution in [0.25, 0.3) is 5.65 Å². The molecule has 7 heteroatoms. The molecule has 1 N–H and O–H groups in total. The quantitative estimate of drug-likeness (QED) is 0.769. The molecule has 3 aromatic heterocycles. The molecule has 1 aliphatic rings. The first kappa shape index (κ1) is 16.1. The molecule has 0 aromatic carbocycles. The summed E-state index contributed by atoms with van der Waals surface area (Å²) in [6, 6.07) is 1.99. The van der Waals surface area contributed by atoms with Gasteiger partial charge in [-0.1, -0.05) is 20.8 Å². The Bertz CT molecular complexity index is 987. The van der Waals surface area contributed by atoms with Crippen LogP contribution in [0.2, 0.25) is 0 Å². The summed E-state index contributed by atoms with van der Waals surface area (Å²) in [6.45, 7) is 8.70. The van der Waals surface area contributed by atoms with Gasteiger partial charge in [0.1, 0.15) is 0 Å². The zero-order valence-corrected chi connectivity index (χ0v) is 15.2. The fourth-order valence-electron chi connectivity index (χ4n) is 3.37. The molecule has 0 bridgehead atoms. The Morgan fingerprint density at radius 3 is 2.80 bits per heavy atom. The molecule has 0 fully saturated rings. The van der Waals surface area contributed by atoms with Crippen molar-refractivity contribution < 1.29 is 0 Å². The van der Waals surface area contributed by atoms with Gasteiger partial charge in [-0.3, -0.25) is 19.5 Å². The Hall–Kier alpha value is -2.41. The molecule has 4 rings (SSSR count). The number of aromatic nitrogens is 5. The first-order chi connectivity index (χ1) is 11.8. The minimum Gasteiger partial charge on any atom is -0.294 e. The third-order valence-corrected chi connectivity index (χ3v) is 4.81. The number of hydrogen-bond donors (Lipinski definition) is 1. The fraction of sp³-hybridized carbons (Fsp3) is 0.500. The van der Waals surface area contributed by atoms with Crippen molar-refractivity contribution >= 4 is 5.65 Å². The number of fused-ring (bicyclic) bond motifs is 2. The van der Waals surface area contributed by atoms with E-state index in [4.69, 9.17) is 4.98 Å². The van der Waals surface area contributed by atoms with Crippen LogP contribution >= 0.6 is 0 Å². The lowest BCUT2D eigenvalue weighted by molar-refractivity contribution is 0.241. The van der Waals surface area contributed by atoms with Crippen molar-refractivity contribution in [2.45, 2.75) is 45.7 Å². The lowest BCUT2D eigenvalue weighted by Gasteiger charge is -2.27. The molecule has 0 saturated carbocycles. The van der Waals surface area contributed by atoms with Crippen molar-refractivity contribution in [3.05, 3.63) is 51.3 Å². The van der Waals surface area contributed by atoms with Crippen molar-refractivity contribution in [3.8, 4) is 0 Å². The average Bonchev–Trinajstić information content (AvgIpc) is 3.14. The van der Waals surface area contributed by atoms with E-state index < -0.39 is 0 Å². The Balaban J connectivity index is 1.68. The normalized spacial score (nSPS) is 15.7. The second-order valence-corrected chi connectivity index (χ2v) is 7.94. The molecule has 3 aromatic rings. The maximum Gasteiger partial charge on any atom is 0.277 e. The smallest absolute Gasteiger partial charge is 0.277 e. The highest BCUT2D eigenvalue weighted by Gasteiger charge is 2.24. The van der Waals surface area contributed by atoms with Crippen molar-refractivity contribution in [1.82, 2.24) is 29.3 Å². The van der Waals surface area contributed by atoms with Crippen molar-refractivity contribution in [2.24, 2.45) is 7.05 Å². The van der Waals surface area contributed by atoms with Crippen molar-refractivity contribution in [3.63, 3.8) is 0 Å². The fourth-order valence-corrected chi connectivity index (χ4v) is 3.37. The van der Waals surface area contributed by atoms with Gasteiger partial charge in [0.15, 0.2) is 5.65 Å². The number of nitrogens with one attached hydrogen (secondary N) is 1. The maximum absolute atomic E-state index is 13.0. The number of hydrogen-bond acceptors (Lipinski definition) is 4. The third-order valence-electron chi connectivity index (χ3n) is 4.81. The van der Waals surface area contributed by atoms with E-state index in [2.05, 4.69) is 35.9 Å². The topological polar surface area (TPSA) is 71.2 Å². The number of aromatic amines is 1. The van der Waals surface area contributed by atoms with Gasteiger partial charge in [0, 0.05) is 62.0 Å². The van der Waals surface area contributed by atoms with Crippen LogP contribution < -0.4 is 5.56 Å². The molecule has 0 radical (unpaired) electrons. The van der Waals surface area contributed by atoms with Crippen LogP contribution in [0.1, 0.15) is 43.3 Å². The third kappa shape index (κ3) is 2.89. The second kappa shape index (κ2) is 5.56. The van der Waals surface area contributed by atoms with Gasteiger partial charge in [-0.15, -0.1) is 0 Å². The van der Waals surface area contributed by atoms with Gasteiger partial charge in [-0.2, -0.15) is 5.10 Å². The standard InChI is InChI=1S/C18H24N6O/c1-18(2,3)15-7-16-20-14-5-6-23(10-12-8-19-22(4)9-12)11-13(14)17(25)24(16)21-15/h7-9,21H,5-6,10-11H2,1-4H3. The molecule has 0 amide bonds. The van der Waals surface area contributed by atoms with Crippen LogP contribution in [0.3, 0.4) is 0 Å². The largest absolute Gasteiger partial charge is 0.294 e. The van der Waals surface area contributed by atoms with Gasteiger partial charge in [0.2, 0.25) is 0 Å². The van der Waals surface area contributed by atoms with Crippen LogP contribution in [0.4, 0.5) is 0 Å². The zero-order valence-electron chi connectivity index (χ0n) is 15.2. The monoisotopic (exact) mass is 340 g/mol. The Kier molecular flexibility index (Phi) is 3.57. The Labute approximate surface area is 146 Å². The summed E-state index contributed by atoms with van der Waals surface area (Å²) in [7, 11) is 1.92. The Morgan fingerprint density at radius 2 is 2.12 bits per heavy atom. The number of nitrogens with zero attached hydrogens (tertiary/aromatic N) is 5. The molecule has 4 heterocycles. The van der Waals surface area contributed by atoms with E-state index in [1.54, 1.807) is 9.20 Å². The Morgan fingerprint density at radius 1 is 1.32 bits per heavy atom. The van der Waals surface area contributed by atoms with Crippen molar-refractivity contribution in [2.75, 3.05) is 6.54 Å². The van der Waals surface area contributed by atoms with Crippen molar-refractivity contribution in [1.29, 1.82) is 0 Å². The lowest BCUT2D eigenvalue weighted by Crippen LogP contribution is -2.36. The highest BCUT2D eigenvalue weighted by Crippen LogP contribution is 2.22. The van der Waals surface area contributed by atoms with E-state index in [0.717, 1.165) is 47.7 Å². The lowest BCUT2D eigenvalue weighted by atomic mass is 9.93.